The number of aliphatic hydroxyl groups is 1. The van der Waals surface area contributed by atoms with Crippen LogP contribution in [-0.2, 0) is 15.0 Å². The van der Waals surface area contributed by atoms with E-state index in [1.165, 1.54) is 31.3 Å². The Balaban J connectivity index is 1.55. The summed E-state index contributed by atoms with van der Waals surface area (Å²) in [5, 5.41) is 17.8. The highest BCUT2D eigenvalue weighted by Gasteiger charge is 2.54. The average molecular weight is 662 g/mol. The zero-order chi connectivity index (χ0) is 33.4. The zero-order valence-corrected chi connectivity index (χ0v) is 26.8. The van der Waals surface area contributed by atoms with E-state index < -0.39 is 29.7 Å². The summed E-state index contributed by atoms with van der Waals surface area (Å²) in [7, 11) is 2.96. The number of anilines is 2. The Bertz CT molecular complexity index is 1650. The van der Waals surface area contributed by atoms with Gasteiger partial charge in [-0.2, -0.15) is 0 Å². The third-order valence-electron chi connectivity index (χ3n) is 7.89. The molecule has 1 heterocycles. The predicted molar refractivity (Wildman–Crippen MR) is 168 cm³/mol. The van der Waals surface area contributed by atoms with Crippen LogP contribution in [0.5, 0.6) is 17.2 Å². The van der Waals surface area contributed by atoms with E-state index in [2.05, 4.69) is 15.2 Å². The number of hydrogen-bond donors (Lipinski definition) is 2. The van der Waals surface area contributed by atoms with Gasteiger partial charge >= 0.3 is 6.36 Å². The summed E-state index contributed by atoms with van der Waals surface area (Å²) in [4.78, 5) is 21.4. The number of hydrogen-bond acceptors (Lipinski definition) is 8. The first kappa shape index (κ1) is 33.2. The second-order valence-electron chi connectivity index (χ2n) is 12.1. The molecule has 1 saturated carbocycles. The highest BCUT2D eigenvalue weighted by Crippen LogP contribution is 2.57. The molecule has 0 radical (unpaired) electrons. The van der Waals surface area contributed by atoms with Gasteiger partial charge in [0, 0.05) is 45.9 Å². The van der Waals surface area contributed by atoms with Crippen LogP contribution in [0.1, 0.15) is 56.3 Å². The number of ether oxygens (including phenoxy) is 3. The van der Waals surface area contributed by atoms with Crippen molar-refractivity contribution in [2.45, 2.75) is 57.0 Å². The van der Waals surface area contributed by atoms with Crippen molar-refractivity contribution in [3.8, 4) is 17.2 Å². The van der Waals surface area contributed by atoms with Gasteiger partial charge in [0.2, 0.25) is 0 Å². The summed E-state index contributed by atoms with van der Waals surface area (Å²) in [5.74, 6) is -0.0231. The van der Waals surface area contributed by atoms with Crippen molar-refractivity contribution in [1.29, 1.82) is 0 Å². The lowest BCUT2D eigenvalue weighted by molar-refractivity contribution is -0.274. The van der Waals surface area contributed by atoms with Gasteiger partial charge in [0.1, 0.15) is 29.9 Å². The fourth-order valence-corrected chi connectivity index (χ4v) is 5.66. The summed E-state index contributed by atoms with van der Waals surface area (Å²) in [6.45, 7) is 5.20. The quantitative estimate of drug-likeness (QED) is 0.169. The maximum Gasteiger partial charge on any atom is 0.573 e. The van der Waals surface area contributed by atoms with Crippen LogP contribution >= 0.6 is 11.6 Å². The molecule has 13 heteroatoms. The predicted octanol–water partition coefficient (Wildman–Crippen LogP) is 7.00. The standard InChI is InChI=1S/C33H35ClF3N3O6/c1-19(39-45-18-31(2,3)42)20-12-22(15-24(13-20)43-4)38-29(25-8-6-21(34)14-28(25)44-5)30(41)40-17-32(10-11-32)26-9-7-23(16-27(26)40)46-33(35,36)37/h6-9,12-16,29,38,42H,10-11,17-18H2,1-5H3. The fourth-order valence-electron chi connectivity index (χ4n) is 5.50. The fraction of sp³-hybridized carbons (Fsp3) is 0.394. The SMILES string of the molecule is COc1cc(NC(C(=O)N2CC3(CC3)c3ccc(OC(F)(F)F)cc32)c2ccc(Cl)cc2OC)cc(C(C)=NOCC(C)(C)O)c1. The monoisotopic (exact) mass is 661 g/mol. The maximum atomic E-state index is 14.6. The number of benzene rings is 3. The Morgan fingerprint density at radius 2 is 1.80 bits per heavy atom. The van der Waals surface area contributed by atoms with Crippen molar-refractivity contribution in [3.63, 3.8) is 0 Å². The lowest BCUT2D eigenvalue weighted by Crippen LogP contribution is -2.38. The summed E-state index contributed by atoms with van der Waals surface area (Å²) < 4.78 is 54.7. The third-order valence-corrected chi connectivity index (χ3v) is 8.12. The second-order valence-corrected chi connectivity index (χ2v) is 12.5. The van der Waals surface area contributed by atoms with Crippen molar-refractivity contribution in [1.82, 2.24) is 0 Å². The molecule has 0 aromatic heterocycles. The summed E-state index contributed by atoms with van der Waals surface area (Å²) in [5.41, 5.74) is 1.81. The Morgan fingerprint density at radius 1 is 1.07 bits per heavy atom. The van der Waals surface area contributed by atoms with Crippen LogP contribution in [0.2, 0.25) is 5.02 Å². The van der Waals surface area contributed by atoms with Crippen molar-refractivity contribution in [2.24, 2.45) is 5.16 Å². The van der Waals surface area contributed by atoms with E-state index in [9.17, 15) is 23.1 Å². The van der Waals surface area contributed by atoms with Crippen LogP contribution in [-0.4, -0.2) is 56.1 Å². The van der Waals surface area contributed by atoms with E-state index in [1.807, 2.05) is 0 Å². The summed E-state index contributed by atoms with van der Waals surface area (Å²) in [6.07, 6.45) is -3.28. The number of amides is 1. The molecule has 1 amide bonds. The van der Waals surface area contributed by atoms with E-state index in [1.54, 1.807) is 63.2 Å². The number of alkyl halides is 3. The van der Waals surface area contributed by atoms with Gasteiger partial charge in [-0.15, -0.1) is 13.2 Å². The molecule has 1 aliphatic carbocycles. The number of fused-ring (bicyclic) bond motifs is 2. The maximum absolute atomic E-state index is 14.6. The number of rotatable bonds is 11. The van der Waals surface area contributed by atoms with Gasteiger partial charge in [-0.3, -0.25) is 4.79 Å². The molecule has 1 unspecified atom stereocenters. The molecule has 246 valence electrons. The van der Waals surface area contributed by atoms with Crippen molar-refractivity contribution < 1.29 is 42.1 Å². The van der Waals surface area contributed by atoms with Crippen molar-refractivity contribution >= 4 is 34.6 Å². The van der Waals surface area contributed by atoms with Crippen molar-refractivity contribution in [2.75, 3.05) is 37.6 Å². The van der Waals surface area contributed by atoms with Crippen LogP contribution < -0.4 is 24.4 Å². The first-order chi connectivity index (χ1) is 21.6. The summed E-state index contributed by atoms with van der Waals surface area (Å²) in [6, 6.07) is 13.2. The number of carbonyl (C=O) groups excluding carboxylic acids is 1. The minimum Gasteiger partial charge on any atom is -0.497 e. The highest BCUT2D eigenvalue weighted by molar-refractivity contribution is 6.30. The Hall–Kier alpha value is -4.16. The van der Waals surface area contributed by atoms with Crippen LogP contribution in [0.15, 0.2) is 59.8 Å². The molecule has 3 aromatic carbocycles. The topological polar surface area (TPSA) is 102 Å². The highest BCUT2D eigenvalue weighted by atomic mass is 35.5. The van der Waals surface area contributed by atoms with Gasteiger partial charge in [0.15, 0.2) is 0 Å². The molecule has 0 saturated heterocycles. The number of halogens is 4. The van der Waals surface area contributed by atoms with E-state index in [0.29, 0.717) is 51.3 Å². The molecule has 1 atom stereocenters. The average Bonchev–Trinajstić information content (AvgIpc) is 3.69. The van der Waals surface area contributed by atoms with Crippen LogP contribution in [0.4, 0.5) is 24.5 Å². The lowest BCUT2D eigenvalue weighted by Gasteiger charge is -2.28. The smallest absolute Gasteiger partial charge is 0.497 e. The Kier molecular flexibility index (Phi) is 9.07. The van der Waals surface area contributed by atoms with Gasteiger partial charge in [-0.1, -0.05) is 28.9 Å². The molecule has 0 bridgehead atoms. The van der Waals surface area contributed by atoms with Gasteiger partial charge < -0.3 is 34.4 Å². The van der Waals surface area contributed by atoms with E-state index in [-0.39, 0.29) is 12.0 Å². The number of oxime groups is 1. The van der Waals surface area contributed by atoms with E-state index in [4.69, 9.17) is 25.9 Å². The van der Waals surface area contributed by atoms with Gasteiger partial charge in [0.25, 0.3) is 5.91 Å². The molecule has 1 spiro atoms. The van der Waals surface area contributed by atoms with Crippen molar-refractivity contribution in [3.05, 3.63) is 76.3 Å². The molecular formula is C33H35ClF3N3O6. The summed E-state index contributed by atoms with van der Waals surface area (Å²) >= 11 is 6.26. The number of nitrogens with one attached hydrogen (secondary N) is 1. The molecule has 3 aromatic rings. The zero-order valence-electron chi connectivity index (χ0n) is 26.0. The molecule has 1 aliphatic heterocycles. The number of methoxy groups -OCH3 is 2. The van der Waals surface area contributed by atoms with Crippen LogP contribution in [0, 0.1) is 0 Å². The minimum absolute atomic E-state index is 0.0269. The van der Waals surface area contributed by atoms with Gasteiger partial charge in [-0.25, -0.2) is 0 Å². The van der Waals surface area contributed by atoms with E-state index in [0.717, 1.165) is 18.4 Å². The first-order valence-corrected chi connectivity index (χ1v) is 14.9. The molecular weight excluding hydrogens is 627 g/mol. The van der Waals surface area contributed by atoms with Gasteiger partial charge in [-0.05, 0) is 69.5 Å². The first-order valence-electron chi connectivity index (χ1n) is 14.5. The number of nitrogens with zero attached hydrogens (tertiary/aromatic N) is 2. The number of carbonyl (C=O) groups is 1. The Labute approximate surface area is 269 Å². The molecule has 46 heavy (non-hydrogen) atoms. The normalized spacial score (nSPS) is 16.1. The molecule has 5 rings (SSSR count). The molecule has 2 N–H and O–H groups in total. The molecule has 2 aliphatic rings. The van der Waals surface area contributed by atoms with Crippen LogP contribution in [0.25, 0.3) is 0 Å². The second kappa shape index (κ2) is 12.6. The molecule has 1 fully saturated rings. The van der Waals surface area contributed by atoms with Gasteiger partial charge in [0.05, 0.1) is 31.2 Å². The largest absolute Gasteiger partial charge is 0.573 e. The molecule has 9 nitrogen and oxygen atoms in total. The lowest BCUT2D eigenvalue weighted by atomic mass is 9.99. The van der Waals surface area contributed by atoms with Crippen LogP contribution in [0.3, 0.4) is 0 Å². The van der Waals surface area contributed by atoms with E-state index >= 15 is 0 Å². The Morgan fingerprint density at radius 3 is 2.43 bits per heavy atom. The minimum atomic E-state index is -4.88. The third kappa shape index (κ3) is 7.45.